The molecular formula is C16H17Cl2FN2OS. The number of nitrogens with zero attached hydrogens (tertiary/aromatic N) is 2. The highest BCUT2D eigenvalue weighted by Crippen LogP contribution is 2.28. The maximum atomic E-state index is 13.6. The molecule has 1 aromatic carbocycles. The fourth-order valence-corrected chi connectivity index (χ4v) is 3.80. The van der Waals surface area contributed by atoms with Crippen molar-refractivity contribution in [1.82, 2.24) is 4.57 Å². The van der Waals surface area contributed by atoms with Crippen LogP contribution in [0.1, 0.15) is 41.7 Å². The van der Waals surface area contributed by atoms with Crippen molar-refractivity contribution < 1.29 is 9.18 Å². The predicted molar refractivity (Wildman–Crippen MR) is 93.0 cm³/mol. The number of carbonyl (C=O) groups excluding carboxylic acids is 1. The monoisotopic (exact) mass is 374 g/mol. The number of hydrogen-bond acceptors (Lipinski definition) is 2. The molecule has 0 unspecified atom stereocenters. The van der Waals surface area contributed by atoms with Gasteiger partial charge in [0.15, 0.2) is 4.80 Å². The molecule has 0 saturated carbocycles. The largest absolute Gasteiger partial charge is 0.324 e. The molecule has 7 heteroatoms. The zero-order valence-electron chi connectivity index (χ0n) is 13.5. The molecule has 0 spiro atoms. The summed E-state index contributed by atoms with van der Waals surface area (Å²) in [4.78, 5) is 18.1. The predicted octanol–water partition coefficient (Wildman–Crippen LogP) is 4.88. The number of halogens is 3. The Balaban J connectivity index is 2.55. The van der Waals surface area contributed by atoms with E-state index in [-0.39, 0.29) is 21.0 Å². The van der Waals surface area contributed by atoms with Gasteiger partial charge in [-0.2, -0.15) is 4.99 Å². The van der Waals surface area contributed by atoms with Gasteiger partial charge in [0.2, 0.25) is 0 Å². The van der Waals surface area contributed by atoms with Crippen molar-refractivity contribution >= 4 is 40.4 Å². The quantitative estimate of drug-likeness (QED) is 0.654. The topological polar surface area (TPSA) is 34.4 Å². The first-order valence-corrected chi connectivity index (χ1v) is 8.50. The molecular weight excluding hydrogens is 358 g/mol. The lowest BCUT2D eigenvalue weighted by Gasteiger charge is -2.17. The summed E-state index contributed by atoms with van der Waals surface area (Å²) in [5.74, 6) is -1.29. The van der Waals surface area contributed by atoms with Crippen molar-refractivity contribution in [2.45, 2.75) is 33.1 Å². The second-order valence-corrected chi connectivity index (χ2v) is 8.06. The van der Waals surface area contributed by atoms with E-state index in [9.17, 15) is 9.18 Å². The summed E-state index contributed by atoms with van der Waals surface area (Å²) >= 11 is 13.1. The summed E-state index contributed by atoms with van der Waals surface area (Å²) in [6.07, 6.45) is 0. The van der Waals surface area contributed by atoms with Crippen molar-refractivity contribution in [2.75, 3.05) is 0 Å². The minimum Gasteiger partial charge on any atom is -0.324 e. The molecule has 0 atom stereocenters. The molecule has 2 aromatic rings. The van der Waals surface area contributed by atoms with E-state index < -0.39 is 11.7 Å². The van der Waals surface area contributed by atoms with Gasteiger partial charge < -0.3 is 4.57 Å². The summed E-state index contributed by atoms with van der Waals surface area (Å²) in [6, 6.07) is 2.23. The van der Waals surface area contributed by atoms with Crippen LogP contribution in [0.25, 0.3) is 0 Å². The molecule has 0 N–H and O–H groups in total. The lowest BCUT2D eigenvalue weighted by molar-refractivity contribution is 0.0997. The highest BCUT2D eigenvalue weighted by Gasteiger charge is 2.21. The Bertz CT molecular complexity index is 847. The average Bonchev–Trinajstić information content (AvgIpc) is 2.71. The number of hydrogen-bond donors (Lipinski definition) is 0. The van der Waals surface area contributed by atoms with Crippen molar-refractivity contribution in [2.24, 2.45) is 12.0 Å². The van der Waals surface area contributed by atoms with Crippen LogP contribution in [-0.4, -0.2) is 10.5 Å². The molecule has 124 valence electrons. The number of aromatic nitrogens is 1. The van der Waals surface area contributed by atoms with Gasteiger partial charge >= 0.3 is 0 Å². The van der Waals surface area contributed by atoms with Crippen LogP contribution in [0.5, 0.6) is 0 Å². The Hall–Kier alpha value is -1.17. The van der Waals surface area contributed by atoms with Gasteiger partial charge in [-0.3, -0.25) is 4.79 Å². The summed E-state index contributed by atoms with van der Waals surface area (Å²) in [5, 5.41) is -0.0452. The molecule has 1 amide bonds. The van der Waals surface area contributed by atoms with Crippen LogP contribution in [0.2, 0.25) is 10.0 Å². The molecule has 2 rings (SSSR count). The third-order valence-electron chi connectivity index (χ3n) is 3.43. The van der Waals surface area contributed by atoms with Gasteiger partial charge in [0.25, 0.3) is 5.91 Å². The van der Waals surface area contributed by atoms with Gasteiger partial charge in [0.05, 0.1) is 15.6 Å². The second-order valence-electron chi connectivity index (χ2n) is 6.27. The normalized spacial score (nSPS) is 12.8. The second kappa shape index (κ2) is 6.38. The highest BCUT2D eigenvalue weighted by molar-refractivity contribution is 7.09. The Morgan fingerprint density at radius 2 is 1.87 bits per heavy atom. The van der Waals surface area contributed by atoms with Crippen LogP contribution in [0.4, 0.5) is 4.39 Å². The van der Waals surface area contributed by atoms with Crippen molar-refractivity contribution in [3.8, 4) is 0 Å². The molecule has 23 heavy (non-hydrogen) atoms. The van der Waals surface area contributed by atoms with Crippen molar-refractivity contribution in [1.29, 1.82) is 0 Å². The van der Waals surface area contributed by atoms with E-state index in [1.165, 1.54) is 17.4 Å². The van der Waals surface area contributed by atoms with E-state index >= 15 is 0 Å². The van der Waals surface area contributed by atoms with E-state index in [1.54, 1.807) is 0 Å². The summed E-state index contributed by atoms with van der Waals surface area (Å²) in [5.41, 5.74) is 0.993. The van der Waals surface area contributed by atoms with Gasteiger partial charge in [-0.15, -0.1) is 11.3 Å². The third-order valence-corrected chi connectivity index (χ3v) is 5.69. The Morgan fingerprint density at radius 3 is 2.39 bits per heavy atom. The van der Waals surface area contributed by atoms with E-state index in [0.29, 0.717) is 4.80 Å². The fourth-order valence-electron chi connectivity index (χ4n) is 2.16. The van der Waals surface area contributed by atoms with Gasteiger partial charge in [0.1, 0.15) is 5.82 Å². The van der Waals surface area contributed by atoms with E-state index in [2.05, 4.69) is 25.8 Å². The van der Waals surface area contributed by atoms with Crippen molar-refractivity contribution in [3.63, 3.8) is 0 Å². The molecule has 0 radical (unpaired) electrons. The van der Waals surface area contributed by atoms with Crippen LogP contribution in [0.3, 0.4) is 0 Å². The molecule has 0 aliphatic rings. The van der Waals surface area contributed by atoms with Crippen LogP contribution in [-0.2, 0) is 12.5 Å². The fraction of sp³-hybridized carbons (Fsp3) is 0.375. The Morgan fingerprint density at radius 1 is 1.26 bits per heavy atom. The first-order chi connectivity index (χ1) is 10.5. The molecule has 1 heterocycles. The molecule has 0 bridgehead atoms. The third kappa shape index (κ3) is 3.67. The molecule has 3 nitrogen and oxygen atoms in total. The van der Waals surface area contributed by atoms with Gasteiger partial charge in [-0.05, 0) is 24.5 Å². The molecule has 0 aliphatic heterocycles. The Kier molecular flexibility index (Phi) is 5.04. The average molecular weight is 375 g/mol. The highest BCUT2D eigenvalue weighted by atomic mass is 35.5. The molecule has 0 fully saturated rings. The van der Waals surface area contributed by atoms with Crippen LogP contribution < -0.4 is 4.80 Å². The van der Waals surface area contributed by atoms with Crippen LogP contribution in [0, 0.1) is 12.7 Å². The smallest absolute Gasteiger partial charge is 0.281 e. The maximum Gasteiger partial charge on any atom is 0.281 e. The van der Waals surface area contributed by atoms with Gasteiger partial charge in [-0.1, -0.05) is 44.0 Å². The number of thiazole rings is 1. The minimum absolute atomic E-state index is 0.00284. The number of carbonyl (C=O) groups is 1. The molecule has 1 aromatic heterocycles. The molecule has 0 saturated heterocycles. The minimum atomic E-state index is -0.697. The number of rotatable bonds is 1. The lowest BCUT2D eigenvalue weighted by Crippen LogP contribution is -2.15. The van der Waals surface area contributed by atoms with Gasteiger partial charge in [-0.25, -0.2) is 4.39 Å². The summed E-state index contributed by atoms with van der Waals surface area (Å²) in [7, 11) is 1.84. The molecule has 0 aliphatic carbocycles. The van der Waals surface area contributed by atoms with E-state index in [4.69, 9.17) is 23.2 Å². The SMILES string of the molecule is Cc1c(C(C)(C)C)s/c(=N\C(=O)c2cc(F)c(Cl)cc2Cl)n1C. The number of benzene rings is 1. The maximum absolute atomic E-state index is 13.6. The van der Waals surface area contributed by atoms with Crippen molar-refractivity contribution in [3.05, 3.63) is 48.9 Å². The first-order valence-electron chi connectivity index (χ1n) is 6.93. The first kappa shape index (κ1) is 18.2. The van der Waals surface area contributed by atoms with E-state index in [0.717, 1.165) is 16.6 Å². The number of amides is 1. The van der Waals surface area contributed by atoms with Crippen LogP contribution >= 0.6 is 34.5 Å². The Labute approximate surface area is 148 Å². The zero-order valence-corrected chi connectivity index (χ0v) is 15.8. The lowest BCUT2D eigenvalue weighted by atomic mass is 9.93. The van der Waals surface area contributed by atoms with Crippen LogP contribution in [0.15, 0.2) is 17.1 Å². The summed E-state index contributed by atoms with van der Waals surface area (Å²) < 4.78 is 15.4. The standard InChI is InChI=1S/C16H17Cl2FN2OS/c1-8-13(16(2,3)4)23-15(21(8)5)20-14(22)9-6-12(19)11(18)7-10(9)17/h6-7H,1-5H3/b20-15-. The summed E-state index contributed by atoms with van der Waals surface area (Å²) in [6.45, 7) is 8.28. The van der Waals surface area contributed by atoms with E-state index in [1.807, 2.05) is 18.5 Å². The van der Waals surface area contributed by atoms with Gasteiger partial charge in [0, 0.05) is 17.6 Å². The zero-order chi connectivity index (χ0) is 17.5.